The Morgan fingerprint density at radius 3 is 2.57 bits per heavy atom. The summed E-state index contributed by atoms with van der Waals surface area (Å²) in [6.45, 7) is 12.9. The Balaban J connectivity index is 0.00000450. The Labute approximate surface area is 198 Å². The molecule has 1 aromatic rings. The molecule has 0 bridgehead atoms. The van der Waals surface area contributed by atoms with Crippen LogP contribution in [0, 0.1) is 0 Å². The lowest BCUT2D eigenvalue weighted by molar-refractivity contribution is -0.0201. The number of morpholine rings is 1. The van der Waals surface area contributed by atoms with Gasteiger partial charge < -0.3 is 25.2 Å². The maximum absolute atomic E-state index is 10.8. The van der Waals surface area contributed by atoms with E-state index in [1.165, 1.54) is 5.56 Å². The van der Waals surface area contributed by atoms with E-state index in [4.69, 9.17) is 14.5 Å². The number of guanidine groups is 1. The molecule has 0 amide bonds. The van der Waals surface area contributed by atoms with Gasteiger partial charge in [-0.15, -0.1) is 24.0 Å². The number of hydrogen-bond donors (Lipinski definition) is 3. The van der Waals surface area contributed by atoms with Gasteiger partial charge in [0.2, 0.25) is 0 Å². The SMILES string of the molecule is CCCOCc1ccccc1CN=C(NCC)NCC(C)(O)CN1CCOCC1.I. The molecule has 0 aliphatic carbocycles. The first-order valence-electron chi connectivity index (χ1n) is 10.7. The fourth-order valence-electron chi connectivity index (χ4n) is 3.26. The largest absolute Gasteiger partial charge is 0.387 e. The second-order valence-corrected chi connectivity index (χ2v) is 7.76. The molecule has 7 nitrogen and oxygen atoms in total. The van der Waals surface area contributed by atoms with E-state index in [1.54, 1.807) is 0 Å². The highest BCUT2D eigenvalue weighted by Gasteiger charge is 2.25. The molecule has 172 valence electrons. The van der Waals surface area contributed by atoms with E-state index in [0.717, 1.165) is 51.4 Å². The Kier molecular flexibility index (Phi) is 13.5. The molecule has 1 atom stereocenters. The minimum Gasteiger partial charge on any atom is -0.387 e. The summed E-state index contributed by atoms with van der Waals surface area (Å²) in [7, 11) is 0. The molecular weight excluding hydrogens is 495 g/mol. The molecule has 0 aromatic heterocycles. The van der Waals surface area contributed by atoms with Gasteiger partial charge in [0.1, 0.15) is 0 Å². The highest BCUT2D eigenvalue weighted by Crippen LogP contribution is 2.12. The summed E-state index contributed by atoms with van der Waals surface area (Å²) in [4.78, 5) is 6.95. The molecule has 1 fully saturated rings. The van der Waals surface area contributed by atoms with E-state index in [2.05, 4.69) is 34.6 Å². The molecule has 3 N–H and O–H groups in total. The highest BCUT2D eigenvalue weighted by atomic mass is 127. The molecule has 0 spiro atoms. The molecule has 1 unspecified atom stereocenters. The second-order valence-electron chi connectivity index (χ2n) is 7.76. The van der Waals surface area contributed by atoms with Crippen LogP contribution in [0.15, 0.2) is 29.3 Å². The van der Waals surface area contributed by atoms with E-state index in [1.807, 2.05) is 26.0 Å². The maximum Gasteiger partial charge on any atom is 0.191 e. The minimum absolute atomic E-state index is 0. The van der Waals surface area contributed by atoms with Gasteiger partial charge in [0.15, 0.2) is 5.96 Å². The fraction of sp³-hybridized carbons (Fsp3) is 0.682. The van der Waals surface area contributed by atoms with Gasteiger partial charge in [0.05, 0.1) is 32.0 Å². The van der Waals surface area contributed by atoms with Crippen LogP contribution < -0.4 is 10.6 Å². The zero-order chi connectivity index (χ0) is 21.0. The molecule has 30 heavy (non-hydrogen) atoms. The molecule has 0 saturated carbocycles. The van der Waals surface area contributed by atoms with Crippen LogP contribution >= 0.6 is 24.0 Å². The smallest absolute Gasteiger partial charge is 0.191 e. The average Bonchev–Trinajstić information content (AvgIpc) is 2.71. The fourth-order valence-corrected chi connectivity index (χ4v) is 3.26. The van der Waals surface area contributed by atoms with Gasteiger partial charge in [-0.25, -0.2) is 4.99 Å². The van der Waals surface area contributed by atoms with Gasteiger partial charge in [-0.3, -0.25) is 4.90 Å². The van der Waals surface area contributed by atoms with E-state index < -0.39 is 5.60 Å². The van der Waals surface area contributed by atoms with Crippen molar-refractivity contribution < 1.29 is 14.6 Å². The predicted molar refractivity (Wildman–Crippen MR) is 133 cm³/mol. The average molecular weight is 534 g/mol. The number of ether oxygens (including phenoxy) is 2. The summed E-state index contributed by atoms with van der Waals surface area (Å²) in [6, 6.07) is 8.24. The van der Waals surface area contributed by atoms with E-state index in [9.17, 15) is 5.11 Å². The number of β-amino-alcohol motifs (C(OH)–C–C–N with tert-alkyl or cyclic N) is 1. The summed E-state index contributed by atoms with van der Waals surface area (Å²) in [5, 5.41) is 17.3. The maximum atomic E-state index is 10.8. The van der Waals surface area contributed by atoms with Crippen LogP contribution in [0.1, 0.15) is 38.3 Å². The van der Waals surface area contributed by atoms with Gasteiger partial charge >= 0.3 is 0 Å². The van der Waals surface area contributed by atoms with Crippen molar-refractivity contribution in [1.82, 2.24) is 15.5 Å². The minimum atomic E-state index is -0.848. The Morgan fingerprint density at radius 2 is 1.90 bits per heavy atom. The topological polar surface area (TPSA) is 78.3 Å². The normalized spacial score (nSPS) is 17.1. The third-order valence-corrected chi connectivity index (χ3v) is 4.78. The van der Waals surface area contributed by atoms with Crippen LogP contribution in [0.5, 0.6) is 0 Å². The second kappa shape index (κ2) is 15.0. The van der Waals surface area contributed by atoms with Gasteiger partial charge in [-0.1, -0.05) is 31.2 Å². The van der Waals surface area contributed by atoms with Crippen molar-refractivity contribution in [2.75, 3.05) is 52.5 Å². The first-order valence-corrected chi connectivity index (χ1v) is 10.7. The van der Waals surface area contributed by atoms with Crippen molar-refractivity contribution in [2.24, 2.45) is 4.99 Å². The monoisotopic (exact) mass is 534 g/mol. The third-order valence-electron chi connectivity index (χ3n) is 4.78. The molecule has 1 aliphatic heterocycles. The third kappa shape index (κ3) is 10.4. The Morgan fingerprint density at radius 1 is 1.20 bits per heavy atom. The van der Waals surface area contributed by atoms with E-state index in [0.29, 0.717) is 32.2 Å². The number of halogens is 1. The van der Waals surface area contributed by atoms with Crippen LogP contribution in [-0.2, 0) is 22.6 Å². The molecule has 0 radical (unpaired) electrons. The Hall–Kier alpha value is -0.940. The standard InChI is InChI=1S/C22H38N4O3.HI/c1-4-12-29-16-20-9-7-6-8-19(20)15-24-21(23-5-2)25-17-22(3,27)18-26-10-13-28-14-11-26;/h6-9,27H,4-5,10-18H2,1-3H3,(H2,23,24,25);1H. The van der Waals surface area contributed by atoms with Crippen molar-refractivity contribution in [3.8, 4) is 0 Å². The summed E-state index contributed by atoms with van der Waals surface area (Å²) in [5.41, 5.74) is 1.47. The van der Waals surface area contributed by atoms with Gasteiger partial charge in [-0.2, -0.15) is 0 Å². The highest BCUT2D eigenvalue weighted by molar-refractivity contribution is 14.0. The lowest BCUT2D eigenvalue weighted by Gasteiger charge is -2.34. The molecule has 1 saturated heterocycles. The lowest BCUT2D eigenvalue weighted by Crippen LogP contribution is -2.52. The number of hydrogen-bond acceptors (Lipinski definition) is 5. The number of aliphatic hydroxyl groups is 1. The lowest BCUT2D eigenvalue weighted by atomic mass is 10.1. The molecule has 1 heterocycles. The Bertz CT molecular complexity index is 622. The van der Waals surface area contributed by atoms with E-state index in [-0.39, 0.29) is 24.0 Å². The van der Waals surface area contributed by atoms with Gasteiger partial charge in [0.25, 0.3) is 0 Å². The molecule has 8 heteroatoms. The van der Waals surface area contributed by atoms with Crippen molar-refractivity contribution >= 4 is 29.9 Å². The molecule has 1 aromatic carbocycles. The quantitative estimate of drug-likeness (QED) is 0.175. The summed E-state index contributed by atoms with van der Waals surface area (Å²) < 4.78 is 11.1. The van der Waals surface area contributed by atoms with Crippen molar-refractivity contribution in [3.63, 3.8) is 0 Å². The van der Waals surface area contributed by atoms with Crippen LogP contribution in [-0.4, -0.2) is 74.1 Å². The van der Waals surface area contributed by atoms with Gasteiger partial charge in [-0.05, 0) is 31.4 Å². The predicted octanol–water partition coefficient (Wildman–Crippen LogP) is 2.37. The van der Waals surface area contributed by atoms with Crippen LogP contribution in [0.2, 0.25) is 0 Å². The zero-order valence-electron chi connectivity index (χ0n) is 18.7. The number of nitrogens with one attached hydrogen (secondary N) is 2. The van der Waals surface area contributed by atoms with Gasteiger partial charge in [0, 0.05) is 39.3 Å². The van der Waals surface area contributed by atoms with Crippen molar-refractivity contribution in [1.29, 1.82) is 0 Å². The number of rotatable bonds is 11. The molecule has 2 rings (SSSR count). The molecule has 1 aliphatic rings. The number of benzene rings is 1. The van der Waals surface area contributed by atoms with Crippen molar-refractivity contribution in [3.05, 3.63) is 35.4 Å². The molecular formula is C22H39IN4O3. The van der Waals surface area contributed by atoms with Crippen LogP contribution in [0.25, 0.3) is 0 Å². The van der Waals surface area contributed by atoms with Crippen LogP contribution in [0.4, 0.5) is 0 Å². The zero-order valence-corrected chi connectivity index (χ0v) is 21.0. The first-order chi connectivity index (χ1) is 14.0. The summed E-state index contributed by atoms with van der Waals surface area (Å²) >= 11 is 0. The number of nitrogens with zero attached hydrogens (tertiary/aromatic N) is 2. The van der Waals surface area contributed by atoms with Crippen LogP contribution in [0.3, 0.4) is 0 Å². The van der Waals surface area contributed by atoms with Crippen molar-refractivity contribution in [2.45, 2.75) is 45.9 Å². The summed E-state index contributed by atoms with van der Waals surface area (Å²) in [5.74, 6) is 0.707. The number of aliphatic imine (C=N–C) groups is 1. The van der Waals surface area contributed by atoms with E-state index >= 15 is 0 Å². The first kappa shape index (κ1) is 27.1. The summed E-state index contributed by atoms with van der Waals surface area (Å²) in [6.07, 6.45) is 1.01.